The number of hydrogen-bond donors (Lipinski definition) is 1. The van der Waals surface area contributed by atoms with Gasteiger partial charge in [-0.2, -0.15) is 0 Å². The van der Waals surface area contributed by atoms with Crippen LogP contribution in [0, 0.1) is 5.92 Å². The van der Waals surface area contributed by atoms with Crippen molar-refractivity contribution in [2.45, 2.75) is 52.7 Å². The van der Waals surface area contributed by atoms with Gasteiger partial charge in [0, 0.05) is 6.42 Å². The molecule has 10 heteroatoms. The first-order valence-electron chi connectivity index (χ1n) is 6.84. The van der Waals surface area contributed by atoms with Gasteiger partial charge < -0.3 is 10.1 Å². The molecule has 1 N–H and O–H groups in total. The van der Waals surface area contributed by atoms with Crippen LogP contribution < -0.4 is 5.32 Å². The Hall–Kier alpha value is 0.680. The second-order valence-electron chi connectivity index (χ2n) is 5.26. The molecule has 4 nitrogen and oxygen atoms in total. The fourth-order valence-electron chi connectivity index (χ4n) is 1.78. The highest BCUT2D eigenvalue weighted by Gasteiger charge is 2.28. The van der Waals surface area contributed by atoms with Gasteiger partial charge in [-0.25, -0.2) is 4.79 Å². The molecule has 1 amide bonds. The zero-order valence-electron chi connectivity index (χ0n) is 12.7. The lowest BCUT2D eigenvalue weighted by atomic mass is 10.0. The van der Waals surface area contributed by atoms with Crippen LogP contribution in [0.2, 0.25) is 0 Å². The molecule has 0 aromatic carbocycles. The number of amides is 1. The SMILES string of the molecule is COC(=O)C(CCC(Cl)(Cl)Cl)NC(=O)CC(C)CCC(Cl)(Cl)Cl. The Labute approximate surface area is 166 Å². The third-order valence-electron chi connectivity index (χ3n) is 2.99. The van der Waals surface area contributed by atoms with Crippen molar-refractivity contribution in [3.63, 3.8) is 0 Å². The summed E-state index contributed by atoms with van der Waals surface area (Å²) in [5.74, 6) is -0.930. The molecule has 0 aromatic heterocycles. The van der Waals surface area contributed by atoms with Crippen LogP contribution in [-0.4, -0.2) is 32.6 Å². The lowest BCUT2D eigenvalue weighted by Gasteiger charge is -2.20. The standard InChI is InChI=1S/C13H19Cl6NO3/c1-8(3-5-12(14,15)16)7-10(21)20-9(11(22)23-2)4-6-13(17,18)19/h8-9H,3-7H2,1-2H3,(H,20,21). The minimum absolute atomic E-state index is 0.0166. The van der Waals surface area contributed by atoms with E-state index in [0.717, 1.165) is 0 Å². The van der Waals surface area contributed by atoms with Crippen LogP contribution in [0.1, 0.15) is 39.0 Å². The largest absolute Gasteiger partial charge is 0.467 e. The van der Waals surface area contributed by atoms with E-state index in [0.29, 0.717) is 12.8 Å². The Balaban J connectivity index is 4.45. The van der Waals surface area contributed by atoms with Crippen LogP contribution >= 0.6 is 69.6 Å². The van der Waals surface area contributed by atoms with Crippen LogP contribution in [0.3, 0.4) is 0 Å². The zero-order chi connectivity index (χ0) is 18.3. The molecule has 0 aliphatic rings. The number of carbonyl (C=O) groups is 2. The van der Waals surface area contributed by atoms with Crippen LogP contribution in [0.5, 0.6) is 0 Å². The summed E-state index contributed by atoms with van der Waals surface area (Å²) in [5, 5.41) is 2.58. The molecule has 0 aliphatic heterocycles. The van der Waals surface area contributed by atoms with E-state index in [-0.39, 0.29) is 31.1 Å². The smallest absolute Gasteiger partial charge is 0.328 e. The number of hydrogen-bond acceptors (Lipinski definition) is 3. The van der Waals surface area contributed by atoms with Crippen molar-refractivity contribution >= 4 is 81.5 Å². The molecule has 0 radical (unpaired) electrons. The molecule has 23 heavy (non-hydrogen) atoms. The molecule has 0 saturated heterocycles. The molecular weight excluding hydrogens is 431 g/mol. The first-order valence-corrected chi connectivity index (χ1v) is 9.11. The van der Waals surface area contributed by atoms with Crippen molar-refractivity contribution in [1.82, 2.24) is 5.32 Å². The van der Waals surface area contributed by atoms with Gasteiger partial charge in [-0.05, 0) is 31.6 Å². The van der Waals surface area contributed by atoms with Gasteiger partial charge in [0.1, 0.15) is 6.04 Å². The lowest BCUT2D eigenvalue weighted by Crippen LogP contribution is -2.42. The molecule has 0 saturated carbocycles. The lowest BCUT2D eigenvalue weighted by molar-refractivity contribution is -0.145. The summed E-state index contributed by atoms with van der Waals surface area (Å²) >= 11 is 34.0. The van der Waals surface area contributed by atoms with Gasteiger partial charge in [0.05, 0.1) is 7.11 Å². The molecule has 0 aromatic rings. The molecule has 0 fully saturated rings. The summed E-state index contributed by atoms with van der Waals surface area (Å²) in [5.41, 5.74) is 0. The molecule has 0 bridgehead atoms. The highest BCUT2D eigenvalue weighted by Crippen LogP contribution is 2.33. The Morgan fingerprint density at radius 2 is 1.48 bits per heavy atom. The molecule has 2 unspecified atom stereocenters. The first-order chi connectivity index (χ1) is 10.3. The van der Waals surface area contributed by atoms with Gasteiger partial charge in [-0.15, -0.1) is 0 Å². The third kappa shape index (κ3) is 13.6. The van der Waals surface area contributed by atoms with Gasteiger partial charge in [-0.1, -0.05) is 76.5 Å². The fraction of sp³-hybridized carbons (Fsp3) is 0.846. The molecule has 136 valence electrons. The van der Waals surface area contributed by atoms with Crippen molar-refractivity contribution in [2.24, 2.45) is 5.92 Å². The van der Waals surface area contributed by atoms with Gasteiger partial charge in [0.25, 0.3) is 0 Å². The Bertz CT molecular complexity index is 394. The van der Waals surface area contributed by atoms with Gasteiger partial charge in [-0.3, -0.25) is 4.79 Å². The first kappa shape index (κ1) is 23.7. The Morgan fingerprint density at radius 3 is 1.91 bits per heavy atom. The highest BCUT2D eigenvalue weighted by atomic mass is 35.6. The summed E-state index contributed by atoms with van der Waals surface area (Å²) in [7, 11) is 1.22. The monoisotopic (exact) mass is 447 g/mol. The Kier molecular flexibility index (Phi) is 10.9. The van der Waals surface area contributed by atoms with E-state index >= 15 is 0 Å². The van der Waals surface area contributed by atoms with Crippen molar-refractivity contribution in [3.05, 3.63) is 0 Å². The molecular formula is C13H19Cl6NO3. The quantitative estimate of drug-likeness (QED) is 0.420. The number of nitrogens with one attached hydrogen (secondary N) is 1. The fourth-order valence-corrected chi connectivity index (χ4v) is 2.44. The maximum Gasteiger partial charge on any atom is 0.328 e. The predicted octanol–water partition coefficient (Wildman–Crippen LogP) is 4.97. The molecule has 2 atom stereocenters. The number of esters is 1. The van der Waals surface area contributed by atoms with Crippen molar-refractivity contribution in [1.29, 1.82) is 0 Å². The average molecular weight is 450 g/mol. The molecule has 0 rings (SSSR count). The zero-order valence-corrected chi connectivity index (χ0v) is 17.2. The summed E-state index contributed by atoms with van der Waals surface area (Å²) in [6, 6.07) is -0.872. The number of alkyl halides is 6. The van der Waals surface area contributed by atoms with E-state index < -0.39 is 19.6 Å². The summed E-state index contributed by atoms with van der Waals surface area (Å²) in [4.78, 5) is 23.7. The number of methoxy groups -OCH3 is 1. The van der Waals surface area contributed by atoms with Crippen molar-refractivity contribution in [3.8, 4) is 0 Å². The normalized spacial score (nSPS) is 15.0. The second kappa shape index (κ2) is 10.6. The predicted molar refractivity (Wildman–Crippen MR) is 96.8 cm³/mol. The van der Waals surface area contributed by atoms with Gasteiger partial charge >= 0.3 is 5.97 Å². The van der Waals surface area contributed by atoms with E-state index in [4.69, 9.17) is 69.6 Å². The van der Waals surface area contributed by atoms with Crippen molar-refractivity contribution in [2.75, 3.05) is 7.11 Å². The van der Waals surface area contributed by atoms with E-state index in [1.54, 1.807) is 0 Å². The maximum absolute atomic E-state index is 12.0. The van der Waals surface area contributed by atoms with E-state index in [1.165, 1.54) is 7.11 Å². The van der Waals surface area contributed by atoms with E-state index in [1.807, 2.05) is 6.92 Å². The molecule has 0 aliphatic carbocycles. The third-order valence-corrected chi connectivity index (χ3v) is 4.13. The Morgan fingerprint density at radius 1 is 1.00 bits per heavy atom. The summed E-state index contributed by atoms with van der Waals surface area (Å²) in [6.45, 7) is 1.85. The van der Waals surface area contributed by atoms with Crippen molar-refractivity contribution < 1.29 is 14.3 Å². The van der Waals surface area contributed by atoms with Gasteiger partial charge in [0.2, 0.25) is 5.91 Å². The van der Waals surface area contributed by atoms with E-state index in [2.05, 4.69) is 10.1 Å². The van der Waals surface area contributed by atoms with Crippen LogP contribution in [0.4, 0.5) is 0 Å². The molecule has 0 heterocycles. The van der Waals surface area contributed by atoms with Crippen LogP contribution in [0.25, 0.3) is 0 Å². The summed E-state index contributed by atoms with van der Waals surface area (Å²) < 4.78 is 1.79. The topological polar surface area (TPSA) is 55.4 Å². The van der Waals surface area contributed by atoms with E-state index in [9.17, 15) is 9.59 Å². The number of halogens is 6. The number of rotatable bonds is 8. The van der Waals surface area contributed by atoms with Crippen LogP contribution in [-0.2, 0) is 14.3 Å². The average Bonchev–Trinajstić information content (AvgIpc) is 2.38. The minimum atomic E-state index is -1.51. The minimum Gasteiger partial charge on any atom is -0.467 e. The molecule has 0 spiro atoms. The number of carbonyl (C=O) groups excluding carboxylic acids is 2. The van der Waals surface area contributed by atoms with Gasteiger partial charge in [0.15, 0.2) is 7.59 Å². The summed E-state index contributed by atoms with van der Waals surface area (Å²) in [6.07, 6.45) is 1.32. The highest BCUT2D eigenvalue weighted by molar-refractivity contribution is 6.67. The second-order valence-corrected chi connectivity index (χ2v) is 10.3. The maximum atomic E-state index is 12.0. The number of ether oxygens (including phenoxy) is 1. The van der Waals surface area contributed by atoms with Crippen LogP contribution in [0.15, 0.2) is 0 Å².